The van der Waals surface area contributed by atoms with E-state index in [1.165, 1.54) is 0 Å². The molecule has 4 N–H and O–H groups in total. The van der Waals surface area contributed by atoms with Gasteiger partial charge in [0, 0.05) is 17.5 Å². The van der Waals surface area contributed by atoms with E-state index in [0.29, 0.717) is 13.0 Å². The Kier molecular flexibility index (Phi) is 7.23. The summed E-state index contributed by atoms with van der Waals surface area (Å²) in [6.45, 7) is 0.640. The van der Waals surface area contributed by atoms with Gasteiger partial charge in [-0.05, 0) is 55.3 Å². The summed E-state index contributed by atoms with van der Waals surface area (Å²) in [6, 6.07) is 22.1. The number of carbonyl (C=O) groups is 1. The SMILES string of the molecule is O=C(CCCCCCCOc1cccc(-c2nc3ccc(-c4nc5ccccc5[nH]4)cc3[nH]2)c1)NO. The maximum Gasteiger partial charge on any atom is 0.243 e. The van der Waals surface area contributed by atoms with Gasteiger partial charge >= 0.3 is 0 Å². The Balaban J connectivity index is 1.19. The Morgan fingerprint density at radius 3 is 2.33 bits per heavy atom. The molecule has 0 spiro atoms. The monoisotopic (exact) mass is 483 g/mol. The van der Waals surface area contributed by atoms with E-state index in [0.717, 1.165) is 82.7 Å². The fourth-order valence-electron chi connectivity index (χ4n) is 4.28. The molecule has 2 heterocycles. The molecule has 3 aromatic carbocycles. The third-order valence-corrected chi connectivity index (χ3v) is 6.19. The summed E-state index contributed by atoms with van der Waals surface area (Å²) in [7, 11) is 0. The number of fused-ring (bicyclic) bond motifs is 2. The first-order valence-corrected chi connectivity index (χ1v) is 12.3. The largest absolute Gasteiger partial charge is 0.494 e. The van der Waals surface area contributed by atoms with E-state index in [2.05, 4.69) is 16.0 Å². The van der Waals surface area contributed by atoms with E-state index in [1.807, 2.05) is 60.7 Å². The van der Waals surface area contributed by atoms with Crippen LogP contribution >= 0.6 is 0 Å². The standard InChI is InChI=1S/C28H29N5O3/c34-26(33-35)13-4-2-1-3-7-16-36-21-10-8-9-19(17-21)27-31-24-15-14-20(18-25(24)32-27)28-29-22-11-5-6-12-23(22)30-28/h5-6,8-12,14-15,17-18,35H,1-4,7,13,16H2,(H,29,30)(H,31,32)(H,33,34). The number of nitrogens with zero attached hydrogens (tertiary/aromatic N) is 2. The van der Waals surface area contributed by atoms with Gasteiger partial charge in [0.25, 0.3) is 0 Å². The summed E-state index contributed by atoms with van der Waals surface area (Å²) >= 11 is 0. The van der Waals surface area contributed by atoms with Crippen molar-refractivity contribution in [2.75, 3.05) is 6.61 Å². The van der Waals surface area contributed by atoms with Gasteiger partial charge in [-0.3, -0.25) is 10.0 Å². The van der Waals surface area contributed by atoms with Gasteiger partial charge in [-0.2, -0.15) is 0 Å². The lowest BCUT2D eigenvalue weighted by atomic mass is 10.1. The second-order valence-electron chi connectivity index (χ2n) is 8.85. The minimum atomic E-state index is -0.325. The van der Waals surface area contributed by atoms with Crippen molar-refractivity contribution < 1.29 is 14.7 Å². The zero-order valence-corrected chi connectivity index (χ0v) is 20.0. The summed E-state index contributed by atoms with van der Waals surface area (Å²) in [5, 5.41) is 8.50. The van der Waals surface area contributed by atoms with Gasteiger partial charge in [0.15, 0.2) is 0 Å². The molecule has 0 saturated heterocycles. The van der Waals surface area contributed by atoms with Crippen LogP contribution in [0.4, 0.5) is 0 Å². The fourth-order valence-corrected chi connectivity index (χ4v) is 4.28. The molecule has 0 atom stereocenters. The number of carbonyl (C=O) groups excluding carboxylic acids is 1. The topological polar surface area (TPSA) is 116 Å². The number of imidazole rings is 2. The molecule has 5 rings (SSSR count). The van der Waals surface area contributed by atoms with Crippen molar-refractivity contribution in [2.45, 2.75) is 38.5 Å². The molecule has 8 nitrogen and oxygen atoms in total. The number of aromatic amines is 2. The number of ether oxygens (including phenoxy) is 1. The quantitative estimate of drug-likeness (QED) is 0.104. The van der Waals surface area contributed by atoms with Gasteiger partial charge in [-0.25, -0.2) is 15.4 Å². The van der Waals surface area contributed by atoms with Crippen LogP contribution in [0.25, 0.3) is 44.8 Å². The predicted molar refractivity (Wildman–Crippen MR) is 140 cm³/mol. The zero-order valence-electron chi connectivity index (χ0n) is 20.0. The van der Waals surface area contributed by atoms with Crippen LogP contribution in [-0.4, -0.2) is 37.7 Å². The van der Waals surface area contributed by atoms with E-state index in [4.69, 9.17) is 19.9 Å². The molecule has 0 radical (unpaired) electrons. The van der Waals surface area contributed by atoms with Gasteiger partial charge in [-0.15, -0.1) is 0 Å². The maximum atomic E-state index is 11.0. The molecule has 8 heteroatoms. The van der Waals surface area contributed by atoms with E-state index in [9.17, 15) is 4.79 Å². The maximum absolute atomic E-state index is 11.0. The number of hydroxylamine groups is 1. The van der Waals surface area contributed by atoms with Crippen LogP contribution in [-0.2, 0) is 4.79 Å². The van der Waals surface area contributed by atoms with Crippen LogP contribution in [0.2, 0.25) is 0 Å². The van der Waals surface area contributed by atoms with Crippen molar-refractivity contribution in [3.8, 4) is 28.5 Å². The van der Waals surface area contributed by atoms with Crippen molar-refractivity contribution in [3.05, 3.63) is 66.7 Å². The third kappa shape index (κ3) is 5.55. The van der Waals surface area contributed by atoms with Crippen LogP contribution in [0.1, 0.15) is 38.5 Å². The van der Waals surface area contributed by atoms with E-state index >= 15 is 0 Å². The lowest BCUT2D eigenvalue weighted by molar-refractivity contribution is -0.129. The second kappa shape index (κ2) is 11.0. The van der Waals surface area contributed by atoms with E-state index in [-0.39, 0.29) is 5.91 Å². The minimum Gasteiger partial charge on any atom is -0.494 e. The first-order chi connectivity index (χ1) is 17.7. The number of aromatic nitrogens is 4. The van der Waals surface area contributed by atoms with Crippen molar-refractivity contribution in [1.29, 1.82) is 0 Å². The first-order valence-electron chi connectivity index (χ1n) is 12.3. The molecule has 184 valence electrons. The average Bonchev–Trinajstić information content (AvgIpc) is 3.54. The van der Waals surface area contributed by atoms with E-state index in [1.54, 1.807) is 5.48 Å². The van der Waals surface area contributed by atoms with Crippen molar-refractivity contribution in [3.63, 3.8) is 0 Å². The zero-order chi connectivity index (χ0) is 24.7. The number of benzene rings is 3. The highest BCUT2D eigenvalue weighted by atomic mass is 16.5. The summed E-state index contributed by atoms with van der Waals surface area (Å²) in [5.74, 6) is 2.12. The van der Waals surface area contributed by atoms with Gasteiger partial charge in [-0.1, -0.05) is 43.5 Å². The Labute approximate surface area is 208 Å². The van der Waals surface area contributed by atoms with Crippen LogP contribution in [0.15, 0.2) is 66.7 Å². The molecular formula is C28H29N5O3. The highest BCUT2D eigenvalue weighted by Gasteiger charge is 2.10. The number of hydrogen-bond donors (Lipinski definition) is 4. The number of hydrogen-bond acceptors (Lipinski definition) is 5. The number of unbranched alkanes of at least 4 members (excludes halogenated alkanes) is 4. The van der Waals surface area contributed by atoms with Crippen LogP contribution in [0, 0.1) is 0 Å². The van der Waals surface area contributed by atoms with Crippen LogP contribution in [0.5, 0.6) is 5.75 Å². The lowest BCUT2D eigenvalue weighted by Crippen LogP contribution is -2.17. The molecule has 1 amide bonds. The molecule has 0 aliphatic carbocycles. The molecule has 0 unspecified atom stereocenters. The molecule has 0 aliphatic rings. The van der Waals surface area contributed by atoms with E-state index < -0.39 is 0 Å². The summed E-state index contributed by atoms with van der Waals surface area (Å²) in [5.41, 5.74) is 7.44. The average molecular weight is 484 g/mol. The Bertz CT molecular complexity index is 1440. The van der Waals surface area contributed by atoms with Crippen LogP contribution in [0.3, 0.4) is 0 Å². The van der Waals surface area contributed by atoms with Gasteiger partial charge < -0.3 is 14.7 Å². The Morgan fingerprint density at radius 1 is 0.778 bits per heavy atom. The number of para-hydroxylation sites is 2. The Hall–Kier alpha value is -4.17. The molecule has 0 aliphatic heterocycles. The lowest BCUT2D eigenvalue weighted by Gasteiger charge is -2.07. The van der Waals surface area contributed by atoms with Crippen molar-refractivity contribution in [1.82, 2.24) is 25.4 Å². The molecule has 0 fully saturated rings. The number of nitrogens with one attached hydrogen (secondary N) is 3. The predicted octanol–water partition coefficient (Wildman–Crippen LogP) is 6.00. The van der Waals surface area contributed by atoms with Gasteiger partial charge in [0.1, 0.15) is 17.4 Å². The highest BCUT2D eigenvalue weighted by molar-refractivity contribution is 5.85. The molecule has 0 bridgehead atoms. The molecule has 0 saturated carbocycles. The number of rotatable bonds is 11. The number of amides is 1. The normalized spacial score (nSPS) is 11.2. The minimum absolute atomic E-state index is 0.325. The van der Waals surface area contributed by atoms with Gasteiger partial charge in [0.05, 0.1) is 28.7 Å². The molecule has 5 aromatic rings. The van der Waals surface area contributed by atoms with Gasteiger partial charge in [0.2, 0.25) is 5.91 Å². The molecule has 36 heavy (non-hydrogen) atoms. The summed E-state index contributed by atoms with van der Waals surface area (Å²) in [4.78, 5) is 27.3. The molecular weight excluding hydrogens is 454 g/mol. The Morgan fingerprint density at radius 2 is 1.50 bits per heavy atom. The van der Waals surface area contributed by atoms with Crippen molar-refractivity contribution in [2.24, 2.45) is 0 Å². The third-order valence-electron chi connectivity index (χ3n) is 6.19. The number of H-pyrrole nitrogens is 2. The highest BCUT2D eigenvalue weighted by Crippen LogP contribution is 2.27. The molecule has 2 aromatic heterocycles. The summed E-state index contributed by atoms with van der Waals surface area (Å²) in [6.07, 6.45) is 5.14. The fraction of sp³-hybridized carbons (Fsp3) is 0.250. The van der Waals surface area contributed by atoms with Crippen molar-refractivity contribution >= 4 is 28.0 Å². The summed E-state index contributed by atoms with van der Waals surface area (Å²) < 4.78 is 5.96. The smallest absolute Gasteiger partial charge is 0.243 e. The first kappa shape index (κ1) is 23.6. The van der Waals surface area contributed by atoms with Crippen LogP contribution < -0.4 is 10.2 Å². The second-order valence-corrected chi connectivity index (χ2v) is 8.85.